The van der Waals surface area contributed by atoms with Crippen LogP contribution in [0.2, 0.25) is 0 Å². The number of rotatable bonds is 18. The molecule has 0 N–H and O–H groups in total. The number of unbranched alkanes of at least 4 members (excludes halogenated alkanes) is 8. The first kappa shape index (κ1) is 30.8. The molecule has 1 heterocycles. The molecule has 0 unspecified atom stereocenters. The molecule has 0 aliphatic rings. The average molecular weight is 562 g/mol. The van der Waals surface area contributed by atoms with Gasteiger partial charge in [0, 0.05) is 18.0 Å². The first-order chi connectivity index (χ1) is 20.7. The van der Waals surface area contributed by atoms with E-state index in [1.54, 1.807) is 0 Å². The van der Waals surface area contributed by atoms with Crippen molar-refractivity contribution in [2.75, 3.05) is 13.2 Å². The van der Waals surface area contributed by atoms with Gasteiger partial charge in [0.2, 0.25) is 0 Å². The van der Waals surface area contributed by atoms with Gasteiger partial charge in [-0.3, -0.25) is 0 Å². The third-order valence-electron chi connectivity index (χ3n) is 7.41. The van der Waals surface area contributed by atoms with Crippen LogP contribution in [-0.2, 0) is 6.42 Å². The van der Waals surface area contributed by atoms with Gasteiger partial charge in [-0.15, -0.1) is 0 Å². The number of aromatic nitrogens is 2. The predicted molar refractivity (Wildman–Crippen MR) is 171 cm³/mol. The third-order valence-corrected chi connectivity index (χ3v) is 7.41. The zero-order valence-electron chi connectivity index (χ0n) is 24.9. The third kappa shape index (κ3) is 10.3. The SMILES string of the molecule is CCCCCCCCc1cnc(-c2ccc(OCCCCCCOc3ccc(-c4ccc(C#N)cc4)cc3)cc2)nc1. The second kappa shape index (κ2) is 17.6. The van der Waals surface area contributed by atoms with E-state index in [9.17, 15) is 0 Å². The molecule has 1 aromatic heterocycles. The number of ether oxygens (including phenoxy) is 2. The van der Waals surface area contributed by atoms with Crippen molar-refractivity contribution in [2.24, 2.45) is 0 Å². The Kier molecular flexibility index (Phi) is 12.9. The van der Waals surface area contributed by atoms with Crippen LogP contribution in [-0.4, -0.2) is 23.2 Å². The van der Waals surface area contributed by atoms with E-state index in [1.807, 2.05) is 73.1 Å². The second-order valence-electron chi connectivity index (χ2n) is 10.8. The van der Waals surface area contributed by atoms with Gasteiger partial charge in [-0.1, -0.05) is 63.3 Å². The molecule has 5 heteroatoms. The van der Waals surface area contributed by atoms with Crippen molar-refractivity contribution in [3.63, 3.8) is 0 Å². The molecule has 0 aliphatic carbocycles. The summed E-state index contributed by atoms with van der Waals surface area (Å²) in [6.45, 7) is 3.67. The van der Waals surface area contributed by atoms with Gasteiger partial charge >= 0.3 is 0 Å². The fraction of sp³-hybridized carbons (Fsp3) is 0.378. The molecule has 0 amide bonds. The lowest BCUT2D eigenvalue weighted by molar-refractivity contribution is 0.287. The summed E-state index contributed by atoms with van der Waals surface area (Å²) in [5.41, 5.74) is 5.11. The molecular formula is C37H43N3O2. The van der Waals surface area contributed by atoms with E-state index < -0.39 is 0 Å². The normalized spacial score (nSPS) is 10.8. The maximum Gasteiger partial charge on any atom is 0.159 e. The fourth-order valence-corrected chi connectivity index (χ4v) is 4.86. The maximum atomic E-state index is 8.95. The molecule has 4 aromatic rings. The molecule has 0 saturated carbocycles. The van der Waals surface area contributed by atoms with Crippen LogP contribution in [0.15, 0.2) is 85.2 Å². The summed E-state index contributed by atoms with van der Waals surface area (Å²) in [6.07, 6.45) is 17.1. The second-order valence-corrected chi connectivity index (χ2v) is 10.8. The van der Waals surface area contributed by atoms with Crippen LogP contribution in [0, 0.1) is 11.3 Å². The number of hydrogen-bond acceptors (Lipinski definition) is 5. The first-order valence-electron chi connectivity index (χ1n) is 15.5. The van der Waals surface area contributed by atoms with Crippen LogP contribution in [0.1, 0.15) is 82.3 Å². The quantitative estimate of drug-likeness (QED) is 0.113. The summed E-state index contributed by atoms with van der Waals surface area (Å²) in [5, 5.41) is 8.95. The highest BCUT2D eigenvalue weighted by Gasteiger charge is 2.04. The van der Waals surface area contributed by atoms with Crippen molar-refractivity contribution in [3.05, 3.63) is 96.3 Å². The lowest BCUT2D eigenvalue weighted by Crippen LogP contribution is -2.00. The summed E-state index contributed by atoms with van der Waals surface area (Å²) < 4.78 is 11.9. The average Bonchev–Trinajstić information content (AvgIpc) is 3.05. The molecule has 0 spiro atoms. The molecule has 5 nitrogen and oxygen atoms in total. The Morgan fingerprint density at radius 1 is 0.571 bits per heavy atom. The highest BCUT2D eigenvalue weighted by molar-refractivity contribution is 5.65. The van der Waals surface area contributed by atoms with Gasteiger partial charge in [0.15, 0.2) is 5.82 Å². The number of nitrogens with zero attached hydrogens (tertiary/aromatic N) is 3. The van der Waals surface area contributed by atoms with Gasteiger partial charge in [-0.05, 0) is 104 Å². The molecular weight excluding hydrogens is 518 g/mol. The van der Waals surface area contributed by atoms with Crippen LogP contribution in [0.25, 0.3) is 22.5 Å². The number of nitriles is 1. The van der Waals surface area contributed by atoms with Crippen LogP contribution < -0.4 is 9.47 Å². The topological polar surface area (TPSA) is 68.0 Å². The van der Waals surface area contributed by atoms with E-state index in [1.165, 1.54) is 44.1 Å². The largest absolute Gasteiger partial charge is 0.494 e. The van der Waals surface area contributed by atoms with E-state index in [0.717, 1.165) is 66.1 Å². The van der Waals surface area contributed by atoms with Gasteiger partial charge in [-0.2, -0.15) is 5.26 Å². The smallest absolute Gasteiger partial charge is 0.159 e. The van der Waals surface area contributed by atoms with Crippen molar-refractivity contribution < 1.29 is 9.47 Å². The Hall–Kier alpha value is -4.17. The molecule has 0 bridgehead atoms. The van der Waals surface area contributed by atoms with E-state index in [-0.39, 0.29) is 0 Å². The molecule has 0 fully saturated rings. The van der Waals surface area contributed by atoms with Crippen LogP contribution >= 0.6 is 0 Å². The molecule has 218 valence electrons. The highest BCUT2D eigenvalue weighted by Crippen LogP contribution is 2.23. The van der Waals surface area contributed by atoms with Gasteiger partial charge < -0.3 is 9.47 Å². The Morgan fingerprint density at radius 2 is 1.05 bits per heavy atom. The van der Waals surface area contributed by atoms with E-state index in [4.69, 9.17) is 14.7 Å². The van der Waals surface area contributed by atoms with Crippen LogP contribution in [0.3, 0.4) is 0 Å². The van der Waals surface area contributed by atoms with Crippen molar-refractivity contribution in [2.45, 2.75) is 77.6 Å². The number of aryl methyl sites for hydroxylation is 1. The Balaban J connectivity index is 1.06. The van der Waals surface area contributed by atoms with E-state index >= 15 is 0 Å². The summed E-state index contributed by atoms with van der Waals surface area (Å²) in [4.78, 5) is 9.18. The minimum Gasteiger partial charge on any atom is -0.494 e. The van der Waals surface area contributed by atoms with Crippen molar-refractivity contribution in [3.8, 4) is 40.1 Å². The molecule has 42 heavy (non-hydrogen) atoms. The monoisotopic (exact) mass is 561 g/mol. The van der Waals surface area contributed by atoms with Gasteiger partial charge in [0.05, 0.1) is 24.8 Å². The van der Waals surface area contributed by atoms with E-state index in [0.29, 0.717) is 18.8 Å². The Bertz CT molecular complexity index is 1340. The molecule has 3 aromatic carbocycles. The summed E-state index contributed by atoms with van der Waals surface area (Å²) in [6, 6.07) is 26.0. The first-order valence-corrected chi connectivity index (χ1v) is 15.5. The summed E-state index contributed by atoms with van der Waals surface area (Å²) in [5.74, 6) is 2.53. The lowest BCUT2D eigenvalue weighted by atomic mass is 10.0. The van der Waals surface area contributed by atoms with Crippen LogP contribution in [0.5, 0.6) is 11.5 Å². The predicted octanol–water partition coefficient (Wildman–Crippen LogP) is 9.60. The van der Waals surface area contributed by atoms with Gasteiger partial charge in [-0.25, -0.2) is 9.97 Å². The minimum absolute atomic E-state index is 0.671. The summed E-state index contributed by atoms with van der Waals surface area (Å²) in [7, 11) is 0. The van der Waals surface area contributed by atoms with Gasteiger partial charge in [0.1, 0.15) is 11.5 Å². The molecule has 0 saturated heterocycles. The lowest BCUT2D eigenvalue weighted by Gasteiger charge is -2.09. The zero-order chi connectivity index (χ0) is 29.2. The molecule has 0 radical (unpaired) electrons. The Labute approximate surface area is 251 Å². The highest BCUT2D eigenvalue weighted by atomic mass is 16.5. The van der Waals surface area contributed by atoms with E-state index in [2.05, 4.69) is 35.1 Å². The Morgan fingerprint density at radius 3 is 1.60 bits per heavy atom. The number of benzene rings is 3. The minimum atomic E-state index is 0.671. The van der Waals surface area contributed by atoms with Crippen molar-refractivity contribution in [1.82, 2.24) is 9.97 Å². The standard InChI is InChI=1S/C37H43N3O2/c1-2-3-4-5-6-9-12-31-28-39-37(40-29-31)34-19-23-36(24-20-34)42-26-11-8-7-10-25-41-35-21-17-33(18-22-35)32-15-13-30(27-38)14-16-32/h13-24,28-29H,2-12,25-26H2,1H3. The maximum absolute atomic E-state index is 8.95. The summed E-state index contributed by atoms with van der Waals surface area (Å²) >= 11 is 0. The zero-order valence-corrected chi connectivity index (χ0v) is 24.9. The molecule has 4 rings (SSSR count). The van der Waals surface area contributed by atoms with Crippen LogP contribution in [0.4, 0.5) is 0 Å². The number of hydrogen-bond donors (Lipinski definition) is 0. The van der Waals surface area contributed by atoms with Crippen molar-refractivity contribution >= 4 is 0 Å². The van der Waals surface area contributed by atoms with Gasteiger partial charge in [0.25, 0.3) is 0 Å². The molecule has 0 aliphatic heterocycles. The van der Waals surface area contributed by atoms with Crippen molar-refractivity contribution in [1.29, 1.82) is 5.26 Å². The fourth-order valence-electron chi connectivity index (χ4n) is 4.86. The molecule has 0 atom stereocenters.